The largest absolute Gasteiger partial charge is 0.456 e. The van der Waals surface area contributed by atoms with Gasteiger partial charge in [0.1, 0.15) is 18.5 Å². The number of ether oxygens (including phenoxy) is 2. The molecule has 2 aliphatic rings. The molecule has 0 saturated carbocycles. The van der Waals surface area contributed by atoms with Gasteiger partial charge in [-0.15, -0.1) is 0 Å². The number of carbonyl (C=O) groups excluding carboxylic acids is 2. The number of rotatable bonds is 4. The summed E-state index contributed by atoms with van der Waals surface area (Å²) in [6.45, 7) is 0.357. The predicted octanol–water partition coefficient (Wildman–Crippen LogP) is 0.395. The SMILES string of the molecule is O=C(OCC1=CCO[C@H]1N1C(=O)CC[C@H]1O)c1ccc[nH]1. The Morgan fingerprint density at radius 2 is 2.43 bits per heavy atom. The topological polar surface area (TPSA) is 91.9 Å². The lowest BCUT2D eigenvalue weighted by Crippen LogP contribution is -2.43. The fourth-order valence-corrected chi connectivity index (χ4v) is 2.50. The van der Waals surface area contributed by atoms with E-state index in [9.17, 15) is 14.7 Å². The van der Waals surface area contributed by atoms with Gasteiger partial charge < -0.3 is 19.6 Å². The average molecular weight is 292 g/mol. The summed E-state index contributed by atoms with van der Waals surface area (Å²) in [4.78, 5) is 27.6. The Balaban J connectivity index is 1.62. The minimum atomic E-state index is -0.844. The normalized spacial score (nSPS) is 25.3. The van der Waals surface area contributed by atoms with Crippen LogP contribution < -0.4 is 0 Å². The second-order valence-electron chi connectivity index (χ2n) is 4.94. The van der Waals surface area contributed by atoms with Crippen LogP contribution in [0.15, 0.2) is 30.0 Å². The number of aromatic nitrogens is 1. The minimum Gasteiger partial charge on any atom is -0.456 e. The smallest absolute Gasteiger partial charge is 0.355 e. The van der Waals surface area contributed by atoms with Gasteiger partial charge in [-0.25, -0.2) is 4.79 Å². The molecule has 7 nitrogen and oxygen atoms in total. The summed E-state index contributed by atoms with van der Waals surface area (Å²) in [6.07, 6.45) is 2.61. The van der Waals surface area contributed by atoms with Crippen molar-refractivity contribution in [2.75, 3.05) is 13.2 Å². The number of H-pyrrole nitrogens is 1. The van der Waals surface area contributed by atoms with Gasteiger partial charge in [0.05, 0.1) is 6.61 Å². The zero-order valence-electron chi connectivity index (χ0n) is 11.3. The number of nitrogens with one attached hydrogen (secondary N) is 1. The maximum atomic E-state index is 11.8. The molecular formula is C14H16N2O5. The van der Waals surface area contributed by atoms with Gasteiger partial charge in [-0.3, -0.25) is 9.69 Å². The number of hydrogen-bond acceptors (Lipinski definition) is 5. The molecule has 3 heterocycles. The van der Waals surface area contributed by atoms with Gasteiger partial charge >= 0.3 is 5.97 Å². The number of aromatic amines is 1. The minimum absolute atomic E-state index is 0.0268. The summed E-state index contributed by atoms with van der Waals surface area (Å²) < 4.78 is 10.7. The number of amides is 1. The summed E-state index contributed by atoms with van der Waals surface area (Å²) >= 11 is 0. The van der Waals surface area contributed by atoms with Crippen molar-refractivity contribution in [3.63, 3.8) is 0 Å². The highest BCUT2D eigenvalue weighted by Crippen LogP contribution is 2.27. The van der Waals surface area contributed by atoms with Gasteiger partial charge in [-0.05, 0) is 12.1 Å². The van der Waals surface area contributed by atoms with Crippen LogP contribution in [0, 0.1) is 0 Å². The Hall–Kier alpha value is -2.12. The van der Waals surface area contributed by atoms with Crippen molar-refractivity contribution in [2.24, 2.45) is 0 Å². The Labute approximate surface area is 121 Å². The van der Waals surface area contributed by atoms with Gasteiger partial charge in [0, 0.05) is 24.6 Å². The van der Waals surface area contributed by atoms with Crippen molar-refractivity contribution >= 4 is 11.9 Å². The van der Waals surface area contributed by atoms with E-state index < -0.39 is 18.4 Å². The highest BCUT2D eigenvalue weighted by molar-refractivity contribution is 5.87. The highest BCUT2D eigenvalue weighted by Gasteiger charge is 2.39. The van der Waals surface area contributed by atoms with Crippen LogP contribution in [0.4, 0.5) is 0 Å². The standard InChI is InChI=1S/C14H16N2O5/c17-11-3-4-12(18)16(11)13-9(5-7-20-13)8-21-14(19)10-2-1-6-15-10/h1-2,5-6,11,13,15,17H,3-4,7-8H2/t11-,13-/m1/s1. The fraction of sp³-hybridized carbons (Fsp3) is 0.429. The third-order valence-corrected chi connectivity index (χ3v) is 3.58. The Morgan fingerprint density at radius 1 is 1.57 bits per heavy atom. The van der Waals surface area contributed by atoms with Gasteiger partial charge in [0.15, 0.2) is 6.23 Å². The Bertz CT molecular complexity index is 566. The van der Waals surface area contributed by atoms with Gasteiger partial charge in [0.2, 0.25) is 5.91 Å². The van der Waals surface area contributed by atoms with Crippen LogP contribution in [-0.2, 0) is 14.3 Å². The van der Waals surface area contributed by atoms with Crippen LogP contribution in [0.1, 0.15) is 23.3 Å². The first-order valence-electron chi connectivity index (χ1n) is 6.77. The van der Waals surface area contributed by atoms with E-state index >= 15 is 0 Å². The molecule has 0 spiro atoms. The molecule has 1 saturated heterocycles. The monoisotopic (exact) mass is 292 g/mol. The molecule has 7 heteroatoms. The number of hydrogen-bond donors (Lipinski definition) is 2. The van der Waals surface area contributed by atoms with Crippen molar-refractivity contribution in [3.8, 4) is 0 Å². The van der Waals surface area contributed by atoms with Crippen molar-refractivity contribution in [3.05, 3.63) is 35.7 Å². The first-order valence-corrected chi connectivity index (χ1v) is 6.77. The molecule has 0 unspecified atom stereocenters. The average Bonchev–Trinajstić information content (AvgIpc) is 3.18. The second kappa shape index (κ2) is 5.71. The van der Waals surface area contributed by atoms with Gasteiger partial charge in [-0.2, -0.15) is 0 Å². The second-order valence-corrected chi connectivity index (χ2v) is 4.94. The molecule has 0 aromatic carbocycles. The third-order valence-electron chi connectivity index (χ3n) is 3.58. The van der Waals surface area contributed by atoms with E-state index in [1.54, 1.807) is 24.4 Å². The summed E-state index contributed by atoms with van der Waals surface area (Å²) in [5.74, 6) is -0.629. The molecule has 2 atom stereocenters. The maximum absolute atomic E-state index is 11.8. The van der Waals surface area contributed by atoms with Crippen LogP contribution in [-0.4, -0.2) is 52.5 Å². The van der Waals surface area contributed by atoms with Gasteiger partial charge in [-0.1, -0.05) is 6.08 Å². The quantitative estimate of drug-likeness (QED) is 0.619. The van der Waals surface area contributed by atoms with Crippen LogP contribution in [0.3, 0.4) is 0 Å². The van der Waals surface area contributed by atoms with Crippen molar-refractivity contribution in [2.45, 2.75) is 25.3 Å². The number of likely N-dealkylation sites (tertiary alicyclic amines) is 1. The highest BCUT2D eigenvalue weighted by atomic mass is 16.5. The fourth-order valence-electron chi connectivity index (χ4n) is 2.50. The molecule has 21 heavy (non-hydrogen) atoms. The molecule has 112 valence electrons. The Kier molecular flexibility index (Phi) is 3.76. The zero-order valence-corrected chi connectivity index (χ0v) is 11.3. The van der Waals surface area contributed by atoms with E-state index in [4.69, 9.17) is 9.47 Å². The number of carbonyl (C=O) groups is 2. The molecule has 3 rings (SSSR count). The lowest BCUT2D eigenvalue weighted by Gasteiger charge is -2.28. The third kappa shape index (κ3) is 2.70. The van der Waals surface area contributed by atoms with Crippen LogP contribution in [0.5, 0.6) is 0 Å². The van der Waals surface area contributed by atoms with E-state index in [-0.39, 0.29) is 12.5 Å². The lowest BCUT2D eigenvalue weighted by atomic mass is 10.2. The van der Waals surface area contributed by atoms with Crippen molar-refractivity contribution in [1.29, 1.82) is 0 Å². The maximum Gasteiger partial charge on any atom is 0.355 e. The molecule has 0 aliphatic carbocycles. The number of aliphatic hydroxyl groups is 1. The zero-order chi connectivity index (χ0) is 14.8. The number of nitrogens with zero attached hydrogens (tertiary/aromatic N) is 1. The van der Waals surface area contributed by atoms with Crippen molar-refractivity contribution < 1.29 is 24.2 Å². The summed E-state index contributed by atoms with van der Waals surface area (Å²) in [6, 6.07) is 3.32. The molecule has 1 aromatic heterocycles. The van der Waals surface area contributed by atoms with E-state index in [1.165, 1.54) is 4.90 Å². The number of aliphatic hydroxyl groups excluding tert-OH is 1. The first kappa shape index (κ1) is 13.8. The summed E-state index contributed by atoms with van der Waals surface area (Å²) in [5, 5.41) is 9.85. The van der Waals surface area contributed by atoms with Crippen LogP contribution >= 0.6 is 0 Å². The van der Waals surface area contributed by atoms with E-state index in [0.717, 1.165) is 0 Å². The Morgan fingerprint density at radius 3 is 3.10 bits per heavy atom. The summed E-state index contributed by atoms with van der Waals surface area (Å²) in [7, 11) is 0. The van der Waals surface area contributed by atoms with E-state index in [0.29, 0.717) is 30.7 Å². The lowest BCUT2D eigenvalue weighted by molar-refractivity contribution is -0.148. The molecule has 2 N–H and O–H groups in total. The van der Waals surface area contributed by atoms with E-state index in [2.05, 4.69) is 4.98 Å². The molecule has 2 aliphatic heterocycles. The molecule has 1 fully saturated rings. The molecule has 1 aromatic rings. The van der Waals surface area contributed by atoms with Crippen molar-refractivity contribution in [1.82, 2.24) is 9.88 Å². The van der Waals surface area contributed by atoms with Gasteiger partial charge in [0.25, 0.3) is 0 Å². The number of esters is 1. The van der Waals surface area contributed by atoms with E-state index in [1.807, 2.05) is 0 Å². The molecule has 0 radical (unpaired) electrons. The van der Waals surface area contributed by atoms with Crippen LogP contribution in [0.25, 0.3) is 0 Å². The summed E-state index contributed by atoms with van der Waals surface area (Å²) in [5.41, 5.74) is 1.03. The van der Waals surface area contributed by atoms with Crippen LogP contribution in [0.2, 0.25) is 0 Å². The predicted molar refractivity (Wildman–Crippen MR) is 71.0 cm³/mol. The first-order chi connectivity index (χ1) is 10.2. The molecular weight excluding hydrogens is 276 g/mol. The molecule has 1 amide bonds. The molecule has 0 bridgehead atoms.